The van der Waals surface area contributed by atoms with E-state index in [2.05, 4.69) is 25.9 Å². The molecule has 3 aromatic rings. The number of pyridine rings is 1. The summed E-state index contributed by atoms with van der Waals surface area (Å²) in [6.45, 7) is 0.537. The number of nitrogens with zero attached hydrogens (tertiary/aromatic N) is 3. The average Bonchev–Trinajstić information content (AvgIpc) is 3.10. The largest absolute Gasteiger partial charge is 0.353 e. The molecule has 0 radical (unpaired) electrons. The van der Waals surface area contributed by atoms with Crippen LogP contribution in [0.4, 0.5) is 4.79 Å². The zero-order valence-corrected chi connectivity index (χ0v) is 15.1. The van der Waals surface area contributed by atoms with Gasteiger partial charge in [-0.2, -0.15) is 5.01 Å². The first-order valence-corrected chi connectivity index (χ1v) is 8.55. The summed E-state index contributed by atoms with van der Waals surface area (Å²) in [6, 6.07) is 8.56. The number of fused-ring (bicyclic) bond motifs is 3. The molecule has 28 heavy (non-hydrogen) atoms. The lowest BCUT2D eigenvalue weighted by molar-refractivity contribution is 0.0948. The highest BCUT2D eigenvalue weighted by Gasteiger charge is 2.15. The molecular formula is C18H18N6O4. The highest BCUT2D eigenvalue weighted by atomic mass is 16.3. The van der Waals surface area contributed by atoms with Gasteiger partial charge in [0.25, 0.3) is 5.91 Å². The number of amides is 3. The van der Waals surface area contributed by atoms with Crippen LogP contribution in [0.2, 0.25) is 0 Å². The van der Waals surface area contributed by atoms with Gasteiger partial charge in [0, 0.05) is 36.4 Å². The zero-order valence-electron chi connectivity index (χ0n) is 15.1. The second-order valence-corrected chi connectivity index (χ2v) is 6.05. The third kappa shape index (κ3) is 3.80. The van der Waals surface area contributed by atoms with Crippen molar-refractivity contribution in [1.82, 2.24) is 25.6 Å². The highest BCUT2D eigenvalue weighted by Crippen LogP contribution is 2.27. The molecule has 0 aliphatic heterocycles. The van der Waals surface area contributed by atoms with Gasteiger partial charge in [-0.1, -0.05) is 18.2 Å². The molecule has 0 atom stereocenters. The predicted octanol–water partition coefficient (Wildman–Crippen LogP) is 1.97. The Morgan fingerprint density at radius 2 is 1.96 bits per heavy atom. The monoisotopic (exact) mass is 382 g/mol. The average molecular weight is 382 g/mol. The number of aldehydes is 1. The maximum absolute atomic E-state index is 12.4. The number of rotatable bonds is 7. The van der Waals surface area contributed by atoms with Crippen LogP contribution in [0.5, 0.6) is 0 Å². The van der Waals surface area contributed by atoms with Crippen LogP contribution in [0.3, 0.4) is 0 Å². The van der Waals surface area contributed by atoms with Gasteiger partial charge in [-0.25, -0.2) is 9.78 Å². The fourth-order valence-electron chi connectivity index (χ4n) is 2.80. The molecule has 0 aliphatic carbocycles. The molecule has 0 bridgehead atoms. The summed E-state index contributed by atoms with van der Waals surface area (Å²) < 4.78 is 0. The maximum atomic E-state index is 12.4. The molecule has 0 saturated heterocycles. The van der Waals surface area contributed by atoms with Crippen molar-refractivity contribution >= 4 is 40.0 Å². The lowest BCUT2D eigenvalue weighted by Crippen LogP contribution is -2.35. The smallest absolute Gasteiger partial charge is 0.340 e. The van der Waals surface area contributed by atoms with Gasteiger partial charge in [-0.15, -0.1) is 4.91 Å². The fraction of sp³-hybridized carbons (Fsp3) is 0.222. The number of carbonyl (C=O) groups is 3. The normalized spacial score (nSPS) is 10.6. The van der Waals surface area contributed by atoms with Gasteiger partial charge >= 0.3 is 6.03 Å². The van der Waals surface area contributed by atoms with Crippen molar-refractivity contribution in [3.05, 3.63) is 46.6 Å². The van der Waals surface area contributed by atoms with Gasteiger partial charge < -0.3 is 15.6 Å². The second-order valence-electron chi connectivity index (χ2n) is 6.05. The molecule has 10 heteroatoms. The number of aromatic nitrogens is 2. The van der Waals surface area contributed by atoms with E-state index in [0.29, 0.717) is 23.2 Å². The van der Waals surface area contributed by atoms with Gasteiger partial charge in [-0.05, 0) is 18.6 Å². The molecular weight excluding hydrogens is 364 g/mol. The van der Waals surface area contributed by atoms with E-state index in [1.165, 1.54) is 7.05 Å². The van der Waals surface area contributed by atoms with Gasteiger partial charge in [-0.3, -0.25) is 9.59 Å². The van der Waals surface area contributed by atoms with E-state index in [1.54, 1.807) is 6.07 Å². The number of hydrogen-bond acceptors (Lipinski definition) is 6. The van der Waals surface area contributed by atoms with Gasteiger partial charge in [0.1, 0.15) is 11.4 Å². The fourth-order valence-corrected chi connectivity index (χ4v) is 2.80. The molecule has 144 valence electrons. The molecule has 3 rings (SSSR count). The third-order valence-corrected chi connectivity index (χ3v) is 4.20. The van der Waals surface area contributed by atoms with Crippen molar-refractivity contribution in [3.8, 4) is 0 Å². The summed E-state index contributed by atoms with van der Waals surface area (Å²) in [5.41, 5.74) is 1.73. The van der Waals surface area contributed by atoms with E-state index < -0.39 is 11.9 Å². The molecule has 3 N–H and O–H groups in total. The number of urea groups is 1. The van der Waals surface area contributed by atoms with Crippen LogP contribution in [-0.2, 0) is 0 Å². The number of H-pyrrole nitrogens is 1. The first-order chi connectivity index (χ1) is 13.5. The van der Waals surface area contributed by atoms with Crippen LogP contribution in [0.1, 0.15) is 27.4 Å². The number of carbonyl (C=O) groups excluding carboxylic acids is 3. The second kappa shape index (κ2) is 8.25. The first kappa shape index (κ1) is 19.0. The number of aromatic amines is 1. The van der Waals surface area contributed by atoms with Crippen molar-refractivity contribution in [2.75, 3.05) is 20.1 Å². The van der Waals surface area contributed by atoms with Gasteiger partial charge in [0.2, 0.25) is 0 Å². The molecule has 0 unspecified atom stereocenters. The Balaban J connectivity index is 1.68. The Labute approximate surface area is 159 Å². The minimum absolute atomic E-state index is 0.133. The highest BCUT2D eigenvalue weighted by molar-refractivity contribution is 6.12. The lowest BCUT2D eigenvalue weighted by Gasteiger charge is -2.09. The molecule has 0 aliphatic rings. The van der Waals surface area contributed by atoms with Crippen LogP contribution in [0, 0.1) is 4.91 Å². The SMILES string of the molecule is CN(N=O)C(=O)NCCCNC(=O)c1cc2c([nH]c3ccccc32)c(C=O)n1. The Morgan fingerprint density at radius 1 is 1.21 bits per heavy atom. The molecule has 0 saturated carbocycles. The van der Waals surface area contributed by atoms with Crippen molar-refractivity contribution < 1.29 is 14.4 Å². The van der Waals surface area contributed by atoms with Crippen molar-refractivity contribution in [3.63, 3.8) is 0 Å². The van der Waals surface area contributed by atoms with Gasteiger partial charge in [0.15, 0.2) is 6.29 Å². The standard InChI is InChI=1S/C18H18N6O4/c1-24(23-28)18(27)20-8-4-7-19-17(26)14-9-12-11-5-2-3-6-13(11)22-16(12)15(10-25)21-14/h2-3,5-6,9-10,22H,4,7-8H2,1H3,(H,19,26)(H,20,27). The Kier molecular flexibility index (Phi) is 5.58. The van der Waals surface area contributed by atoms with Crippen LogP contribution in [0.25, 0.3) is 21.8 Å². The number of para-hydroxylation sites is 1. The molecule has 0 spiro atoms. The van der Waals surface area contributed by atoms with Crippen LogP contribution in [0.15, 0.2) is 35.6 Å². The third-order valence-electron chi connectivity index (χ3n) is 4.20. The Hall–Kier alpha value is -3.82. The first-order valence-electron chi connectivity index (χ1n) is 8.55. The quantitative estimate of drug-likeness (QED) is 0.248. The van der Waals surface area contributed by atoms with Gasteiger partial charge in [0.05, 0.1) is 10.8 Å². The predicted molar refractivity (Wildman–Crippen MR) is 103 cm³/mol. The summed E-state index contributed by atoms with van der Waals surface area (Å²) in [4.78, 5) is 52.7. The van der Waals surface area contributed by atoms with Crippen molar-refractivity contribution in [1.29, 1.82) is 0 Å². The van der Waals surface area contributed by atoms with E-state index in [0.717, 1.165) is 16.3 Å². The zero-order chi connectivity index (χ0) is 20.1. The molecule has 1 aromatic carbocycles. The topological polar surface area (TPSA) is 137 Å². The minimum Gasteiger partial charge on any atom is -0.353 e. The maximum Gasteiger partial charge on any atom is 0.340 e. The lowest BCUT2D eigenvalue weighted by atomic mass is 10.1. The van der Waals surface area contributed by atoms with Crippen LogP contribution >= 0.6 is 0 Å². The Bertz CT molecular complexity index is 1060. The number of hydrogen-bond donors (Lipinski definition) is 3. The number of benzene rings is 1. The summed E-state index contributed by atoms with van der Waals surface area (Å²) in [5, 5.41) is 9.93. The molecule has 2 aromatic heterocycles. The molecule has 2 heterocycles. The van der Waals surface area contributed by atoms with Crippen molar-refractivity contribution in [2.45, 2.75) is 6.42 Å². The van der Waals surface area contributed by atoms with Crippen LogP contribution in [-0.4, -0.2) is 53.3 Å². The summed E-state index contributed by atoms with van der Waals surface area (Å²) >= 11 is 0. The Morgan fingerprint density at radius 3 is 2.71 bits per heavy atom. The van der Waals surface area contributed by atoms with E-state index in [1.807, 2.05) is 24.3 Å². The van der Waals surface area contributed by atoms with E-state index >= 15 is 0 Å². The minimum atomic E-state index is -0.622. The molecule has 0 fully saturated rings. The number of nitroso groups, excluding NO2 is 1. The summed E-state index contributed by atoms with van der Waals surface area (Å²) in [7, 11) is 1.24. The molecule has 3 amide bonds. The van der Waals surface area contributed by atoms with E-state index in [-0.39, 0.29) is 24.5 Å². The summed E-state index contributed by atoms with van der Waals surface area (Å²) in [6.07, 6.45) is 1.06. The summed E-state index contributed by atoms with van der Waals surface area (Å²) in [5.74, 6) is -0.423. The molecule has 10 nitrogen and oxygen atoms in total. The van der Waals surface area contributed by atoms with E-state index in [4.69, 9.17) is 0 Å². The van der Waals surface area contributed by atoms with Crippen LogP contribution < -0.4 is 10.6 Å². The van der Waals surface area contributed by atoms with E-state index in [9.17, 15) is 19.3 Å². The number of nitrogens with one attached hydrogen (secondary N) is 3. The van der Waals surface area contributed by atoms with Crippen molar-refractivity contribution in [2.24, 2.45) is 5.29 Å².